The number of fused-ring (bicyclic) bond motifs is 3. The van der Waals surface area contributed by atoms with Gasteiger partial charge in [-0.05, 0) is 145 Å². The summed E-state index contributed by atoms with van der Waals surface area (Å²) in [6.45, 7) is 35.4. The van der Waals surface area contributed by atoms with Gasteiger partial charge in [-0.1, -0.05) is 233 Å². The standard InChI is InChI=1S/C105H148N18O17Si/c1-58(2)47-79(115-92(126)66(16)112-87(125)56-110-101(135)88(61(7)8)111-57-124)96(130)114-67(17)93(127)121-90(63(11)12)103(137)123-91(64(13)14)104(138)122-89(62(9)10)102(136)120-84(52-70-55-109-78-42-32-29-39-75(70)78)99(133)116-80(48-59(3)4)95(129)113-65(15)85-43-44-86(140-85)100(134)119-83(51-69-54-108-77-41-31-28-38-74(69)77)98(132)117-81(49-60(5)6)97(131)118-82(50-68-53-107-76-40-30-27-37-73(68)76)94(128)106-45-46-139-141(105(18,19)20,71-33-23-21-24-34-71)72-35-25-22-26-36-72/h21-42,53-55,57-67,79-86,88-91,107-109H,43-52,56H2,1-20H3,(H,106,128)(H,110,135)(H,111,124)(H,112,125)(H,113,129)(H,114,130)(H,115,126)(H,116,133)(H,117,132)(H,118,131)(H,119,134)(H,120,136)(H,121,127)(H,122,138)(H,123,137)/t65-,66-,67-,79+,80+,81+,82-,83-,84-,85-,86+,88-,89+,90+,91-/m0/s1. The lowest BCUT2D eigenvalue weighted by atomic mass is 9.97. The van der Waals surface area contributed by atoms with Crippen LogP contribution in [0.1, 0.15) is 187 Å². The Morgan fingerprint density at radius 1 is 0.376 bits per heavy atom. The minimum Gasteiger partial charge on any atom is -0.406 e. The number of rotatable bonds is 52. The molecule has 18 N–H and O–H groups in total. The van der Waals surface area contributed by atoms with Crippen LogP contribution in [0.5, 0.6) is 0 Å². The van der Waals surface area contributed by atoms with E-state index in [1.807, 2.05) is 157 Å². The fourth-order valence-electron chi connectivity index (χ4n) is 17.9. The number of hydrogen-bond donors (Lipinski definition) is 18. The molecule has 0 spiro atoms. The third-order valence-corrected chi connectivity index (χ3v) is 30.6. The number of benzene rings is 5. The number of ether oxygens (including phenoxy) is 1. The summed E-state index contributed by atoms with van der Waals surface area (Å²) in [5.74, 6) is -12.3. The van der Waals surface area contributed by atoms with Gasteiger partial charge in [0.2, 0.25) is 89.1 Å². The Labute approximate surface area is 827 Å². The summed E-state index contributed by atoms with van der Waals surface area (Å²) in [5, 5.41) is 46.0. The van der Waals surface area contributed by atoms with E-state index in [1.54, 1.807) is 74.7 Å². The van der Waals surface area contributed by atoms with E-state index in [9.17, 15) is 52.7 Å². The highest BCUT2D eigenvalue weighted by molar-refractivity contribution is 6.99. The third-order valence-electron chi connectivity index (χ3n) is 25.5. The fraction of sp³-hybridized carbons (Fsp3) is 0.514. The van der Waals surface area contributed by atoms with Crippen LogP contribution in [0.25, 0.3) is 32.7 Å². The number of H-pyrrole nitrogens is 3. The Morgan fingerprint density at radius 3 is 1.14 bits per heavy atom. The highest BCUT2D eigenvalue weighted by atomic mass is 28.4. The first-order valence-corrected chi connectivity index (χ1v) is 51.1. The maximum Gasteiger partial charge on any atom is 0.261 e. The van der Waals surface area contributed by atoms with Crippen LogP contribution >= 0.6 is 0 Å². The Morgan fingerprint density at radius 2 is 0.723 bits per heavy atom. The van der Waals surface area contributed by atoms with Gasteiger partial charge in [0.25, 0.3) is 8.32 Å². The largest absolute Gasteiger partial charge is 0.406 e. The molecule has 1 fully saturated rings. The van der Waals surface area contributed by atoms with Crippen molar-refractivity contribution >= 4 is 141 Å². The molecule has 1 saturated heterocycles. The van der Waals surface area contributed by atoms with Crippen molar-refractivity contribution in [3.05, 3.63) is 169 Å². The van der Waals surface area contributed by atoms with E-state index in [1.165, 1.54) is 13.8 Å². The molecular formula is C105H148N18O17Si. The first-order valence-electron chi connectivity index (χ1n) is 49.2. The van der Waals surface area contributed by atoms with E-state index in [0.29, 0.717) is 17.5 Å². The Bertz CT molecular complexity index is 5570. The number of carbonyl (C=O) groups is 15. The summed E-state index contributed by atoms with van der Waals surface area (Å²) in [6, 6.07) is 27.4. The van der Waals surface area contributed by atoms with Crippen LogP contribution in [-0.2, 0) is 100 Å². The number of para-hydroxylation sites is 3. The van der Waals surface area contributed by atoms with Gasteiger partial charge in [-0.2, -0.15) is 0 Å². The molecule has 4 heterocycles. The van der Waals surface area contributed by atoms with Crippen LogP contribution < -0.4 is 90.1 Å². The number of hydrogen-bond acceptors (Lipinski definition) is 17. The van der Waals surface area contributed by atoms with Gasteiger partial charge in [-0.3, -0.25) is 71.9 Å². The van der Waals surface area contributed by atoms with E-state index in [2.05, 4.69) is 140 Å². The predicted molar refractivity (Wildman–Crippen MR) is 544 cm³/mol. The summed E-state index contributed by atoms with van der Waals surface area (Å²) in [5.41, 5.74) is 4.49. The molecule has 1 aliphatic rings. The molecule has 0 unspecified atom stereocenters. The second-order valence-electron chi connectivity index (χ2n) is 40.7. The smallest absolute Gasteiger partial charge is 0.261 e. The van der Waals surface area contributed by atoms with E-state index in [0.717, 1.165) is 48.6 Å². The molecule has 0 radical (unpaired) electrons. The topological polar surface area (TPSA) is 502 Å². The minimum absolute atomic E-state index is 0.0228. The van der Waals surface area contributed by atoms with Crippen molar-refractivity contribution < 1.29 is 81.1 Å². The van der Waals surface area contributed by atoms with Crippen LogP contribution in [0.15, 0.2) is 152 Å². The number of carbonyl (C=O) groups excluding carboxylic acids is 15. The molecule has 8 aromatic rings. The van der Waals surface area contributed by atoms with Crippen molar-refractivity contribution in [2.24, 2.45) is 41.4 Å². The number of aromatic nitrogens is 3. The third kappa shape index (κ3) is 31.0. The van der Waals surface area contributed by atoms with Gasteiger partial charge < -0.3 is 104 Å². The zero-order valence-electron chi connectivity index (χ0n) is 84.9. The van der Waals surface area contributed by atoms with Gasteiger partial charge in [0.1, 0.15) is 78.6 Å². The van der Waals surface area contributed by atoms with Crippen LogP contribution in [0.4, 0.5) is 0 Å². The Kier molecular flexibility index (Phi) is 41.0. The molecule has 15 atom stereocenters. The summed E-state index contributed by atoms with van der Waals surface area (Å²) < 4.78 is 13.6. The van der Waals surface area contributed by atoms with E-state index >= 15 is 19.2 Å². The highest BCUT2D eigenvalue weighted by Crippen LogP contribution is 2.37. The lowest BCUT2D eigenvalue weighted by Crippen LogP contribution is -2.67. The zero-order valence-corrected chi connectivity index (χ0v) is 85.9. The lowest BCUT2D eigenvalue weighted by Gasteiger charge is -2.43. The molecule has 35 nitrogen and oxygen atoms in total. The van der Waals surface area contributed by atoms with Crippen molar-refractivity contribution in [3.63, 3.8) is 0 Å². The molecule has 0 aliphatic carbocycles. The van der Waals surface area contributed by atoms with Gasteiger partial charge in [0.15, 0.2) is 0 Å². The van der Waals surface area contributed by atoms with Crippen LogP contribution in [0, 0.1) is 41.4 Å². The molecule has 9 rings (SSSR count). The number of amides is 15. The van der Waals surface area contributed by atoms with Crippen molar-refractivity contribution in [1.29, 1.82) is 0 Å². The second kappa shape index (κ2) is 51.9. The number of nitrogens with one attached hydrogen (secondary N) is 18. The van der Waals surface area contributed by atoms with E-state index < -0.39 is 206 Å². The first kappa shape index (κ1) is 112. The summed E-state index contributed by atoms with van der Waals surface area (Å²) >= 11 is 0. The monoisotopic (exact) mass is 1960 g/mol. The molecular weight excluding hydrogens is 1810 g/mol. The van der Waals surface area contributed by atoms with Crippen molar-refractivity contribution in [2.45, 2.75) is 286 Å². The molecule has 141 heavy (non-hydrogen) atoms. The van der Waals surface area contributed by atoms with Gasteiger partial charge in [0.05, 0.1) is 25.3 Å². The molecule has 36 heteroatoms. The normalized spacial score (nSPS) is 16.2. The van der Waals surface area contributed by atoms with E-state index in [4.69, 9.17) is 9.16 Å². The van der Waals surface area contributed by atoms with Gasteiger partial charge in [-0.25, -0.2) is 0 Å². The first-order chi connectivity index (χ1) is 66.8. The average molecular weight is 1960 g/mol. The molecule has 0 bridgehead atoms. The van der Waals surface area contributed by atoms with Crippen molar-refractivity contribution in [1.82, 2.24) is 94.7 Å². The Balaban J connectivity index is 0.848. The van der Waals surface area contributed by atoms with Crippen LogP contribution in [-0.4, -0.2) is 223 Å². The van der Waals surface area contributed by atoms with E-state index in [-0.39, 0.29) is 93.2 Å². The molecule has 15 amide bonds. The van der Waals surface area contributed by atoms with Crippen LogP contribution in [0.3, 0.4) is 0 Å². The van der Waals surface area contributed by atoms with Gasteiger partial charge in [0, 0.05) is 77.1 Å². The summed E-state index contributed by atoms with van der Waals surface area (Å²) in [7, 11) is -3.01. The predicted octanol–water partition coefficient (Wildman–Crippen LogP) is 6.27. The molecule has 0 saturated carbocycles. The molecule has 3 aromatic heterocycles. The molecule has 764 valence electrons. The summed E-state index contributed by atoms with van der Waals surface area (Å²) in [6.07, 6.45) is 4.60. The fourth-order valence-corrected chi connectivity index (χ4v) is 22.4. The second-order valence-corrected chi connectivity index (χ2v) is 45.0. The van der Waals surface area contributed by atoms with Crippen molar-refractivity contribution in [2.75, 3.05) is 19.7 Å². The maximum atomic E-state index is 15.3. The van der Waals surface area contributed by atoms with Gasteiger partial charge in [-0.15, -0.1) is 0 Å². The van der Waals surface area contributed by atoms with Gasteiger partial charge >= 0.3 is 0 Å². The quantitative estimate of drug-likeness (QED) is 0.0113. The number of aromatic amines is 3. The van der Waals surface area contributed by atoms with Crippen molar-refractivity contribution in [3.8, 4) is 0 Å². The lowest BCUT2D eigenvalue weighted by molar-refractivity contribution is -0.138. The molecule has 5 aromatic carbocycles. The van der Waals surface area contributed by atoms with Crippen LogP contribution in [0.2, 0.25) is 5.04 Å². The Hall–Kier alpha value is -13.1. The average Bonchev–Trinajstić information content (AvgIpc) is 1.40. The maximum absolute atomic E-state index is 15.3. The molecule has 1 aliphatic heterocycles. The SMILES string of the molecule is CC(C)C[C@@H](NC(=O)[C@H](C)NC(=O)CNC(=O)[C@@H](NC=O)C(C)C)C(=O)N[C@@H](C)C(=O)N[C@@H](C(=O)N[C@H](C(=O)N[C@@H](C(=O)N[C@@H](Cc1c[nH]c2ccccc12)C(=O)N[C@H](CC(C)C)C(=O)N[C@@H](C)[C@@H]1CC[C@H](C(=O)N[C@@H](Cc2c[nH]c3ccccc23)C(=O)N[C@H](CC(C)C)C(=O)N[C@@H](Cc2c[nH]c3ccccc23)C(=O)NCCO[Si](c2ccccc2)(c2ccccc2)C(C)(C)C)O1)C(C)C)C(C)C)C(C)C. The zero-order chi connectivity index (χ0) is 103. The minimum atomic E-state index is -3.01. The highest BCUT2D eigenvalue weighted by Gasteiger charge is 2.51. The summed E-state index contributed by atoms with van der Waals surface area (Å²) in [4.78, 5) is 222.